The highest BCUT2D eigenvalue weighted by Crippen LogP contribution is 1.90. The zero-order valence-corrected chi connectivity index (χ0v) is 11.7. The molecule has 0 atom stereocenters. The van der Waals surface area contributed by atoms with Crippen LogP contribution in [0.3, 0.4) is 0 Å². The van der Waals surface area contributed by atoms with Crippen LogP contribution in [0.15, 0.2) is 24.8 Å². The summed E-state index contributed by atoms with van der Waals surface area (Å²) in [6, 6.07) is 0. The molecule has 0 spiro atoms. The van der Waals surface area contributed by atoms with Crippen LogP contribution >= 0.6 is 0 Å². The second-order valence-electron chi connectivity index (χ2n) is 2.47. The van der Waals surface area contributed by atoms with Crippen LogP contribution < -0.4 is 0 Å². The summed E-state index contributed by atoms with van der Waals surface area (Å²) in [5.41, 5.74) is 0. The predicted octanol–water partition coefficient (Wildman–Crippen LogP) is 5.85. The van der Waals surface area contributed by atoms with E-state index < -0.39 is 0 Å². The maximum atomic E-state index is 3.48. The molecule has 0 N–H and O–H groups in total. The molecule has 0 unspecified atom stereocenters. The van der Waals surface area contributed by atoms with Crippen LogP contribution in [0.25, 0.3) is 0 Å². The van der Waals surface area contributed by atoms with E-state index in [1.54, 1.807) is 0 Å². The van der Waals surface area contributed by atoms with Gasteiger partial charge in [-0.1, -0.05) is 66.7 Å². The molecule has 0 aliphatic rings. The molecule has 14 heavy (non-hydrogen) atoms. The van der Waals surface area contributed by atoms with Crippen LogP contribution in [0.4, 0.5) is 0 Å². The Morgan fingerprint density at radius 3 is 1.36 bits per heavy atom. The molecule has 0 nitrogen and oxygen atoms in total. The largest absolute Gasteiger partial charge is 0.103 e. The average molecular weight is 200 g/mol. The maximum absolute atomic E-state index is 3.48. The molecule has 0 aromatic heterocycles. The van der Waals surface area contributed by atoms with Gasteiger partial charge in [0.25, 0.3) is 0 Å². The molecule has 0 heterocycles. The van der Waals surface area contributed by atoms with Gasteiger partial charge in [-0.05, 0) is 19.3 Å². The summed E-state index contributed by atoms with van der Waals surface area (Å²) in [6.45, 7) is 19.9. The van der Waals surface area contributed by atoms with Crippen LogP contribution in [0.5, 0.6) is 0 Å². The van der Waals surface area contributed by atoms with Crippen LogP contribution in [-0.4, -0.2) is 0 Å². The van der Waals surface area contributed by atoms with E-state index in [-0.39, 0.29) is 0 Å². The molecule has 0 amide bonds. The Morgan fingerprint density at radius 2 is 1.36 bits per heavy atom. The molecular formula is C14H32. The SMILES string of the molecule is C/C=C\C(C)C.C=CCC.CC.CC. The van der Waals surface area contributed by atoms with Gasteiger partial charge < -0.3 is 0 Å². The topological polar surface area (TPSA) is 0 Å². The van der Waals surface area contributed by atoms with E-state index in [4.69, 9.17) is 0 Å². The lowest BCUT2D eigenvalue weighted by molar-refractivity contribution is 0.830. The molecule has 0 bridgehead atoms. The molecule has 0 aromatic carbocycles. The zero-order valence-electron chi connectivity index (χ0n) is 11.7. The monoisotopic (exact) mass is 200 g/mol. The van der Waals surface area contributed by atoms with E-state index in [9.17, 15) is 0 Å². The fraction of sp³-hybridized carbons (Fsp3) is 0.714. The van der Waals surface area contributed by atoms with E-state index in [1.807, 2.05) is 40.7 Å². The summed E-state index contributed by atoms with van der Waals surface area (Å²) in [5.74, 6) is 0.718. The van der Waals surface area contributed by atoms with Crippen molar-refractivity contribution < 1.29 is 0 Å². The van der Waals surface area contributed by atoms with Gasteiger partial charge in [-0.2, -0.15) is 0 Å². The third kappa shape index (κ3) is 104. The molecule has 0 aliphatic carbocycles. The number of allylic oxidation sites excluding steroid dienone is 3. The molecule has 0 saturated carbocycles. The van der Waals surface area contributed by atoms with E-state index in [0.29, 0.717) is 0 Å². The second kappa shape index (κ2) is 39.2. The van der Waals surface area contributed by atoms with Crippen LogP contribution in [0.2, 0.25) is 0 Å². The highest BCUT2D eigenvalue weighted by molar-refractivity contribution is 4.79. The summed E-state index contributed by atoms with van der Waals surface area (Å²) in [7, 11) is 0. The van der Waals surface area contributed by atoms with Crippen LogP contribution in [0.1, 0.15) is 61.8 Å². The predicted molar refractivity (Wildman–Crippen MR) is 72.8 cm³/mol. The minimum atomic E-state index is 0.718. The van der Waals surface area contributed by atoms with Gasteiger partial charge in [0, 0.05) is 0 Å². The minimum Gasteiger partial charge on any atom is -0.103 e. The van der Waals surface area contributed by atoms with Gasteiger partial charge in [0.05, 0.1) is 0 Å². The first-order chi connectivity index (χ1) is 6.68. The molecule has 0 radical (unpaired) electrons. The Hall–Kier alpha value is -0.520. The molecule has 0 aliphatic heterocycles. The minimum absolute atomic E-state index is 0.718. The van der Waals surface area contributed by atoms with Crippen molar-refractivity contribution in [1.29, 1.82) is 0 Å². The van der Waals surface area contributed by atoms with Crippen molar-refractivity contribution in [3.05, 3.63) is 24.8 Å². The van der Waals surface area contributed by atoms with Gasteiger partial charge in [0.15, 0.2) is 0 Å². The number of rotatable bonds is 2. The van der Waals surface area contributed by atoms with Gasteiger partial charge in [-0.15, -0.1) is 6.58 Å². The lowest BCUT2D eigenvalue weighted by atomic mass is 10.2. The highest BCUT2D eigenvalue weighted by atomic mass is 13.8. The second-order valence-corrected chi connectivity index (χ2v) is 2.47. The quantitative estimate of drug-likeness (QED) is 0.490. The summed E-state index contributed by atoms with van der Waals surface area (Å²) in [5, 5.41) is 0. The Labute approximate surface area is 93.1 Å². The first-order valence-corrected chi connectivity index (χ1v) is 5.92. The van der Waals surface area contributed by atoms with Crippen molar-refractivity contribution in [3.8, 4) is 0 Å². The van der Waals surface area contributed by atoms with E-state index in [2.05, 4.69) is 39.5 Å². The van der Waals surface area contributed by atoms with Gasteiger partial charge >= 0.3 is 0 Å². The molecule has 0 heteroatoms. The smallest absolute Gasteiger partial charge is 0.0291 e. The molecular weight excluding hydrogens is 168 g/mol. The lowest BCUT2D eigenvalue weighted by Crippen LogP contribution is -1.73. The number of hydrogen-bond donors (Lipinski definition) is 0. The third-order valence-electron chi connectivity index (χ3n) is 0.866. The van der Waals surface area contributed by atoms with Gasteiger partial charge in [-0.25, -0.2) is 0 Å². The molecule has 0 rings (SSSR count). The average Bonchev–Trinajstić information content (AvgIpc) is 2.24. The van der Waals surface area contributed by atoms with E-state index >= 15 is 0 Å². The van der Waals surface area contributed by atoms with Gasteiger partial charge in [-0.3, -0.25) is 0 Å². The third-order valence-corrected chi connectivity index (χ3v) is 0.866. The Morgan fingerprint density at radius 1 is 1.07 bits per heavy atom. The van der Waals surface area contributed by atoms with E-state index in [1.165, 1.54) is 0 Å². The molecule has 0 aromatic rings. The zero-order chi connectivity index (χ0) is 12.4. The van der Waals surface area contributed by atoms with Crippen molar-refractivity contribution in [2.24, 2.45) is 5.92 Å². The van der Waals surface area contributed by atoms with Crippen molar-refractivity contribution >= 4 is 0 Å². The standard InChI is InChI=1S/C6H12.C4H8.2C2H6/c1-4-5-6(2)3;1-3-4-2;2*1-2/h4-6H,1-3H3;3H,1,4H2,2H3;2*1-2H3/b5-4-;;;. The summed E-state index contributed by atoms with van der Waals surface area (Å²) < 4.78 is 0. The Bertz CT molecular complexity index is 78.0. The molecule has 88 valence electrons. The van der Waals surface area contributed by atoms with Gasteiger partial charge in [0.1, 0.15) is 0 Å². The first-order valence-electron chi connectivity index (χ1n) is 5.92. The summed E-state index contributed by atoms with van der Waals surface area (Å²) in [6.07, 6.45) is 7.20. The molecule has 0 fully saturated rings. The fourth-order valence-electron chi connectivity index (χ4n) is 0.385. The van der Waals surface area contributed by atoms with Crippen molar-refractivity contribution in [1.82, 2.24) is 0 Å². The molecule has 0 saturated heterocycles. The van der Waals surface area contributed by atoms with Crippen LogP contribution in [-0.2, 0) is 0 Å². The fourth-order valence-corrected chi connectivity index (χ4v) is 0.385. The number of hydrogen-bond acceptors (Lipinski definition) is 0. The van der Waals surface area contributed by atoms with Crippen molar-refractivity contribution in [3.63, 3.8) is 0 Å². The van der Waals surface area contributed by atoms with Gasteiger partial charge in [0.2, 0.25) is 0 Å². The lowest BCUT2D eigenvalue weighted by Gasteiger charge is -1.86. The Balaban J connectivity index is -0.0000000546. The first kappa shape index (κ1) is 23.4. The van der Waals surface area contributed by atoms with Crippen LogP contribution in [0, 0.1) is 5.92 Å². The van der Waals surface area contributed by atoms with Crippen molar-refractivity contribution in [2.45, 2.75) is 61.8 Å². The normalized spacial score (nSPS) is 7.50. The Kier molecular flexibility index (Phi) is 65.4. The summed E-state index contributed by atoms with van der Waals surface area (Å²) >= 11 is 0. The van der Waals surface area contributed by atoms with E-state index in [0.717, 1.165) is 12.3 Å². The highest BCUT2D eigenvalue weighted by Gasteiger charge is 1.76. The maximum Gasteiger partial charge on any atom is -0.0291 e. The van der Waals surface area contributed by atoms with Crippen molar-refractivity contribution in [2.75, 3.05) is 0 Å². The summed E-state index contributed by atoms with van der Waals surface area (Å²) in [4.78, 5) is 0.